The Balaban J connectivity index is 1.83. The number of nitrogen functional groups attached to an aromatic ring is 1. The molecule has 5 nitrogen and oxygen atoms in total. The number of hydrogen-bond acceptors (Lipinski definition) is 4. The van der Waals surface area contributed by atoms with E-state index in [0.717, 1.165) is 0 Å². The van der Waals surface area contributed by atoms with Crippen molar-refractivity contribution in [3.63, 3.8) is 0 Å². The summed E-state index contributed by atoms with van der Waals surface area (Å²) in [5, 5.41) is 0. The van der Waals surface area contributed by atoms with E-state index in [4.69, 9.17) is 10.5 Å². The fraction of sp³-hybridized carbons (Fsp3) is 0.143. The van der Waals surface area contributed by atoms with Gasteiger partial charge in [0.15, 0.2) is 0 Å². The molecule has 0 saturated carbocycles. The monoisotopic (exact) mass is 292 g/mol. The van der Waals surface area contributed by atoms with E-state index >= 15 is 0 Å². The molecule has 2 aromatic rings. The first kappa shape index (κ1) is 14.4. The maximum absolute atomic E-state index is 11.9. The zero-order valence-electron chi connectivity index (χ0n) is 10.8. The molecule has 106 valence electrons. The van der Waals surface area contributed by atoms with Crippen LogP contribution in [0.25, 0.3) is 0 Å². The molecule has 0 radical (unpaired) electrons. The van der Waals surface area contributed by atoms with Crippen LogP contribution in [0.2, 0.25) is 0 Å². The summed E-state index contributed by atoms with van der Waals surface area (Å²) >= 11 is 0. The Morgan fingerprint density at radius 1 is 1.00 bits per heavy atom. The van der Waals surface area contributed by atoms with Crippen LogP contribution in [0.5, 0.6) is 5.75 Å². The van der Waals surface area contributed by atoms with Crippen molar-refractivity contribution >= 4 is 15.7 Å². The molecule has 0 saturated heterocycles. The first-order chi connectivity index (χ1) is 9.58. The molecule has 0 heterocycles. The van der Waals surface area contributed by atoms with Gasteiger partial charge in [-0.3, -0.25) is 0 Å². The zero-order chi connectivity index (χ0) is 14.4. The third-order valence-corrected chi connectivity index (χ3v) is 4.07. The van der Waals surface area contributed by atoms with Crippen LogP contribution in [0.3, 0.4) is 0 Å². The lowest BCUT2D eigenvalue weighted by Gasteiger charge is -2.08. The maximum atomic E-state index is 11.9. The SMILES string of the molecule is Nc1ccc(OCCNS(=O)(=O)c2ccccc2)cc1. The highest BCUT2D eigenvalue weighted by Crippen LogP contribution is 2.12. The predicted octanol–water partition coefficient (Wildman–Crippen LogP) is 1.63. The molecule has 0 bridgehead atoms. The minimum atomic E-state index is -3.47. The van der Waals surface area contributed by atoms with Crippen LogP contribution in [0, 0.1) is 0 Å². The second-order valence-corrected chi connectivity index (χ2v) is 5.90. The number of hydrogen-bond donors (Lipinski definition) is 2. The Kier molecular flexibility index (Phi) is 4.60. The lowest BCUT2D eigenvalue weighted by molar-refractivity contribution is 0.323. The molecule has 0 aliphatic heterocycles. The van der Waals surface area contributed by atoms with E-state index in [-0.39, 0.29) is 18.0 Å². The van der Waals surface area contributed by atoms with Gasteiger partial charge in [0.2, 0.25) is 10.0 Å². The summed E-state index contributed by atoms with van der Waals surface area (Å²) in [7, 11) is -3.47. The van der Waals surface area contributed by atoms with Gasteiger partial charge in [-0.1, -0.05) is 18.2 Å². The van der Waals surface area contributed by atoms with Crippen LogP contribution in [0.1, 0.15) is 0 Å². The summed E-state index contributed by atoms with van der Waals surface area (Å²) in [6, 6.07) is 15.1. The Hall–Kier alpha value is -2.05. The van der Waals surface area contributed by atoms with Crippen molar-refractivity contribution in [3.05, 3.63) is 54.6 Å². The largest absolute Gasteiger partial charge is 0.492 e. The average Bonchev–Trinajstić information content (AvgIpc) is 2.46. The first-order valence-corrected chi connectivity index (χ1v) is 7.59. The van der Waals surface area contributed by atoms with Gasteiger partial charge in [0.25, 0.3) is 0 Å². The minimum absolute atomic E-state index is 0.196. The third-order valence-electron chi connectivity index (χ3n) is 2.60. The van der Waals surface area contributed by atoms with Gasteiger partial charge in [0, 0.05) is 12.2 Å². The van der Waals surface area contributed by atoms with Gasteiger partial charge in [0.1, 0.15) is 12.4 Å². The molecule has 20 heavy (non-hydrogen) atoms. The van der Waals surface area contributed by atoms with E-state index in [1.807, 2.05) is 0 Å². The lowest BCUT2D eigenvalue weighted by atomic mass is 10.3. The summed E-state index contributed by atoms with van der Waals surface area (Å²) in [5.74, 6) is 0.651. The van der Waals surface area contributed by atoms with Crippen molar-refractivity contribution in [1.29, 1.82) is 0 Å². The van der Waals surface area contributed by atoms with Gasteiger partial charge < -0.3 is 10.5 Å². The predicted molar refractivity (Wildman–Crippen MR) is 78.0 cm³/mol. The molecule has 0 unspecified atom stereocenters. The molecule has 0 aromatic heterocycles. The van der Waals surface area contributed by atoms with E-state index in [2.05, 4.69) is 4.72 Å². The van der Waals surface area contributed by atoms with Crippen LogP contribution in [0.15, 0.2) is 59.5 Å². The zero-order valence-corrected chi connectivity index (χ0v) is 11.6. The summed E-state index contributed by atoms with van der Waals surface area (Å²) in [6.07, 6.45) is 0. The van der Waals surface area contributed by atoms with E-state index in [9.17, 15) is 8.42 Å². The molecule has 0 atom stereocenters. The first-order valence-electron chi connectivity index (χ1n) is 6.11. The quantitative estimate of drug-likeness (QED) is 0.626. The van der Waals surface area contributed by atoms with Gasteiger partial charge in [-0.15, -0.1) is 0 Å². The number of benzene rings is 2. The van der Waals surface area contributed by atoms with E-state index in [0.29, 0.717) is 11.4 Å². The van der Waals surface area contributed by atoms with Crippen LogP contribution in [-0.4, -0.2) is 21.6 Å². The van der Waals surface area contributed by atoms with Crippen LogP contribution < -0.4 is 15.2 Å². The number of nitrogens with one attached hydrogen (secondary N) is 1. The lowest BCUT2D eigenvalue weighted by Crippen LogP contribution is -2.28. The molecule has 6 heteroatoms. The summed E-state index contributed by atoms with van der Waals surface area (Å²) < 4.78 is 31.7. The summed E-state index contributed by atoms with van der Waals surface area (Å²) in [4.78, 5) is 0.243. The van der Waals surface area contributed by atoms with Gasteiger partial charge in [-0.2, -0.15) is 0 Å². The van der Waals surface area contributed by atoms with Gasteiger partial charge in [0.05, 0.1) is 4.90 Å². The van der Waals surface area contributed by atoms with Gasteiger partial charge in [-0.05, 0) is 36.4 Å². The molecular formula is C14H16N2O3S. The molecule has 2 aromatic carbocycles. The smallest absolute Gasteiger partial charge is 0.240 e. The number of rotatable bonds is 6. The minimum Gasteiger partial charge on any atom is -0.492 e. The molecule has 0 aliphatic rings. The fourth-order valence-electron chi connectivity index (χ4n) is 1.59. The molecule has 0 amide bonds. The molecule has 0 aliphatic carbocycles. The van der Waals surface area contributed by atoms with E-state index in [1.165, 1.54) is 0 Å². The average molecular weight is 292 g/mol. The van der Waals surface area contributed by atoms with Crippen LogP contribution in [0.4, 0.5) is 5.69 Å². The molecule has 3 N–H and O–H groups in total. The number of sulfonamides is 1. The topological polar surface area (TPSA) is 81.4 Å². The maximum Gasteiger partial charge on any atom is 0.240 e. The third kappa shape index (κ3) is 3.97. The van der Waals surface area contributed by atoms with Crippen LogP contribution in [-0.2, 0) is 10.0 Å². The Labute approximate surface area is 118 Å². The van der Waals surface area contributed by atoms with Crippen molar-refractivity contribution in [1.82, 2.24) is 4.72 Å². The summed E-state index contributed by atoms with van der Waals surface area (Å²) in [6.45, 7) is 0.442. The molecule has 0 spiro atoms. The van der Waals surface area contributed by atoms with Gasteiger partial charge in [-0.25, -0.2) is 13.1 Å². The van der Waals surface area contributed by atoms with Crippen molar-refractivity contribution < 1.29 is 13.2 Å². The highest BCUT2D eigenvalue weighted by Gasteiger charge is 2.11. The fourth-order valence-corrected chi connectivity index (χ4v) is 2.63. The molecule has 0 fully saturated rings. The normalized spacial score (nSPS) is 11.2. The Morgan fingerprint density at radius 3 is 2.30 bits per heavy atom. The van der Waals surface area contributed by atoms with Crippen molar-refractivity contribution in [2.24, 2.45) is 0 Å². The van der Waals surface area contributed by atoms with E-state index < -0.39 is 10.0 Å². The highest BCUT2D eigenvalue weighted by atomic mass is 32.2. The van der Waals surface area contributed by atoms with Crippen molar-refractivity contribution in [3.8, 4) is 5.75 Å². The number of ether oxygens (including phenoxy) is 1. The number of anilines is 1. The highest BCUT2D eigenvalue weighted by molar-refractivity contribution is 7.89. The number of nitrogens with two attached hydrogens (primary N) is 1. The standard InChI is InChI=1S/C14H16N2O3S/c15-12-6-8-13(9-7-12)19-11-10-16-20(17,18)14-4-2-1-3-5-14/h1-9,16H,10-11,15H2. The van der Waals surface area contributed by atoms with Crippen molar-refractivity contribution in [2.45, 2.75) is 4.90 Å². The van der Waals surface area contributed by atoms with Gasteiger partial charge >= 0.3 is 0 Å². The van der Waals surface area contributed by atoms with Crippen molar-refractivity contribution in [2.75, 3.05) is 18.9 Å². The van der Waals surface area contributed by atoms with Crippen LogP contribution >= 0.6 is 0 Å². The molecular weight excluding hydrogens is 276 g/mol. The Morgan fingerprint density at radius 2 is 1.65 bits per heavy atom. The second kappa shape index (κ2) is 6.40. The summed E-state index contributed by atoms with van der Waals surface area (Å²) in [5.41, 5.74) is 6.21. The second-order valence-electron chi connectivity index (χ2n) is 4.13. The Bertz CT molecular complexity index is 640. The molecule has 2 rings (SSSR count). The van der Waals surface area contributed by atoms with E-state index in [1.54, 1.807) is 54.6 Å².